The minimum atomic E-state index is -3.78. The number of carbonyl (C=O) groups excluding carboxylic acids is 2. The van der Waals surface area contributed by atoms with E-state index in [4.69, 9.17) is 0 Å². The van der Waals surface area contributed by atoms with Gasteiger partial charge in [-0.1, -0.05) is 28.9 Å². The first-order valence-electron chi connectivity index (χ1n) is 8.15. The summed E-state index contributed by atoms with van der Waals surface area (Å²) in [5, 5.41) is 5.27. The van der Waals surface area contributed by atoms with Gasteiger partial charge in [0.1, 0.15) is 0 Å². The Bertz CT molecular complexity index is 930. The molecule has 9 heteroatoms. The van der Waals surface area contributed by atoms with Crippen LogP contribution in [0.1, 0.15) is 13.8 Å². The van der Waals surface area contributed by atoms with E-state index in [0.29, 0.717) is 11.4 Å². The maximum Gasteiger partial charge on any atom is 0.243 e. The normalized spacial score (nSPS) is 11.3. The molecule has 0 aliphatic heterocycles. The quantitative estimate of drug-likeness (QED) is 0.673. The second-order valence-electron chi connectivity index (χ2n) is 5.70. The smallest absolute Gasteiger partial charge is 0.243 e. The van der Waals surface area contributed by atoms with Crippen LogP contribution in [0.15, 0.2) is 57.9 Å². The van der Waals surface area contributed by atoms with Crippen molar-refractivity contribution in [2.75, 3.05) is 23.7 Å². The molecule has 0 spiro atoms. The number of sulfonamides is 1. The number of nitrogens with zero attached hydrogens (tertiary/aromatic N) is 1. The fourth-order valence-electron chi connectivity index (χ4n) is 2.36. The lowest BCUT2D eigenvalue weighted by molar-refractivity contribution is -0.116. The summed E-state index contributed by atoms with van der Waals surface area (Å²) in [6.45, 7) is 2.88. The number of anilines is 2. The Labute approximate surface area is 166 Å². The highest BCUT2D eigenvalue weighted by Crippen LogP contribution is 2.19. The van der Waals surface area contributed by atoms with Gasteiger partial charge in [-0.25, -0.2) is 8.42 Å². The van der Waals surface area contributed by atoms with Crippen LogP contribution in [-0.4, -0.2) is 37.6 Å². The number of likely N-dealkylation sites (N-methyl/N-ethyl adjacent to an activating group) is 1. The molecule has 2 amide bonds. The Balaban J connectivity index is 2.10. The number of halogens is 1. The van der Waals surface area contributed by atoms with E-state index < -0.39 is 15.9 Å². The van der Waals surface area contributed by atoms with Gasteiger partial charge in [-0.15, -0.1) is 0 Å². The van der Waals surface area contributed by atoms with Gasteiger partial charge in [0.15, 0.2) is 0 Å². The molecule has 0 aliphatic carbocycles. The van der Waals surface area contributed by atoms with Crippen LogP contribution in [0.25, 0.3) is 0 Å². The summed E-state index contributed by atoms with van der Waals surface area (Å²) in [4.78, 5) is 23.6. The number of nitrogens with one attached hydrogen (secondary N) is 2. The van der Waals surface area contributed by atoms with Crippen molar-refractivity contribution >= 4 is 49.1 Å². The molecular formula is C18H20BrN3O4S. The zero-order valence-electron chi connectivity index (χ0n) is 14.9. The predicted octanol–water partition coefficient (Wildman–Crippen LogP) is 3.06. The molecule has 2 N–H and O–H groups in total. The van der Waals surface area contributed by atoms with Gasteiger partial charge in [0.05, 0.1) is 11.4 Å². The van der Waals surface area contributed by atoms with Crippen molar-refractivity contribution in [2.24, 2.45) is 0 Å². The Kier molecular flexibility index (Phi) is 7.11. The minimum absolute atomic E-state index is 0.119. The summed E-state index contributed by atoms with van der Waals surface area (Å²) in [5.74, 6) is -0.700. The van der Waals surface area contributed by atoms with E-state index in [1.165, 1.54) is 19.1 Å². The summed E-state index contributed by atoms with van der Waals surface area (Å²) in [6.07, 6.45) is 0. The summed E-state index contributed by atoms with van der Waals surface area (Å²) in [6, 6.07) is 12.8. The lowest BCUT2D eigenvalue weighted by Crippen LogP contribution is -2.37. The van der Waals surface area contributed by atoms with Crippen LogP contribution < -0.4 is 10.6 Å². The highest BCUT2D eigenvalue weighted by Gasteiger charge is 2.25. The number of hydrogen-bond acceptors (Lipinski definition) is 4. The number of hydrogen-bond donors (Lipinski definition) is 2. The molecule has 0 radical (unpaired) electrons. The summed E-state index contributed by atoms with van der Waals surface area (Å²) in [5.41, 5.74) is 0.999. The van der Waals surface area contributed by atoms with Crippen LogP contribution in [0.3, 0.4) is 0 Å². The van der Waals surface area contributed by atoms with Gasteiger partial charge >= 0.3 is 0 Å². The molecule has 0 saturated heterocycles. The van der Waals surface area contributed by atoms with E-state index in [1.54, 1.807) is 43.3 Å². The van der Waals surface area contributed by atoms with Crippen LogP contribution in [0, 0.1) is 0 Å². The molecule has 2 rings (SSSR count). The van der Waals surface area contributed by atoms with Crippen LogP contribution >= 0.6 is 15.9 Å². The zero-order valence-corrected chi connectivity index (χ0v) is 17.3. The van der Waals surface area contributed by atoms with Gasteiger partial charge in [0.2, 0.25) is 21.8 Å². The highest BCUT2D eigenvalue weighted by molar-refractivity contribution is 9.10. The second-order valence-corrected chi connectivity index (χ2v) is 8.55. The van der Waals surface area contributed by atoms with Gasteiger partial charge in [-0.2, -0.15) is 4.31 Å². The predicted molar refractivity (Wildman–Crippen MR) is 108 cm³/mol. The molecule has 144 valence electrons. The summed E-state index contributed by atoms with van der Waals surface area (Å²) >= 11 is 3.27. The number of carbonyl (C=O) groups is 2. The van der Waals surface area contributed by atoms with Crippen LogP contribution in [0.2, 0.25) is 0 Å². The molecule has 7 nitrogen and oxygen atoms in total. The van der Waals surface area contributed by atoms with Crippen molar-refractivity contribution in [3.05, 3.63) is 53.0 Å². The van der Waals surface area contributed by atoms with Crippen LogP contribution in [-0.2, 0) is 19.6 Å². The largest absolute Gasteiger partial charge is 0.326 e. The van der Waals surface area contributed by atoms with Gasteiger partial charge < -0.3 is 10.6 Å². The van der Waals surface area contributed by atoms with E-state index in [0.717, 1.165) is 8.78 Å². The Morgan fingerprint density at radius 3 is 2.19 bits per heavy atom. The summed E-state index contributed by atoms with van der Waals surface area (Å²) < 4.78 is 27.3. The van der Waals surface area contributed by atoms with Crippen molar-refractivity contribution in [3.8, 4) is 0 Å². The fraction of sp³-hybridized carbons (Fsp3) is 0.222. The average Bonchev–Trinajstić information content (AvgIpc) is 2.59. The minimum Gasteiger partial charge on any atom is -0.326 e. The molecular weight excluding hydrogens is 434 g/mol. The van der Waals surface area contributed by atoms with Crippen molar-refractivity contribution in [1.29, 1.82) is 0 Å². The maximum atomic E-state index is 12.7. The lowest BCUT2D eigenvalue weighted by Gasteiger charge is -2.20. The third-order valence-electron chi connectivity index (χ3n) is 3.59. The van der Waals surface area contributed by atoms with Crippen molar-refractivity contribution < 1.29 is 18.0 Å². The van der Waals surface area contributed by atoms with E-state index in [-0.39, 0.29) is 23.9 Å². The first-order valence-corrected chi connectivity index (χ1v) is 10.4. The highest BCUT2D eigenvalue weighted by atomic mass is 79.9. The van der Waals surface area contributed by atoms with Gasteiger partial charge in [0.25, 0.3) is 0 Å². The third-order valence-corrected chi connectivity index (χ3v) is 6.05. The Morgan fingerprint density at radius 2 is 1.63 bits per heavy atom. The lowest BCUT2D eigenvalue weighted by atomic mass is 10.2. The molecule has 2 aromatic carbocycles. The summed E-state index contributed by atoms with van der Waals surface area (Å²) in [7, 11) is -3.78. The molecule has 2 aromatic rings. The van der Waals surface area contributed by atoms with E-state index in [2.05, 4.69) is 26.6 Å². The van der Waals surface area contributed by atoms with E-state index >= 15 is 0 Å². The Morgan fingerprint density at radius 1 is 1.04 bits per heavy atom. The molecule has 0 unspecified atom stereocenters. The molecule has 27 heavy (non-hydrogen) atoms. The average molecular weight is 454 g/mol. The van der Waals surface area contributed by atoms with Crippen molar-refractivity contribution in [2.45, 2.75) is 18.7 Å². The fourth-order valence-corrected chi connectivity index (χ4v) is 4.03. The van der Waals surface area contributed by atoms with Crippen molar-refractivity contribution in [3.63, 3.8) is 0 Å². The van der Waals surface area contributed by atoms with Crippen LogP contribution in [0.4, 0.5) is 11.4 Å². The number of benzene rings is 2. The SMILES string of the molecule is CCN(CC(=O)Nc1cccc(NC(C)=O)c1)S(=O)(=O)c1ccc(Br)cc1. The van der Waals surface area contributed by atoms with Gasteiger partial charge in [-0.3, -0.25) is 9.59 Å². The molecule has 0 heterocycles. The monoisotopic (exact) mass is 453 g/mol. The maximum absolute atomic E-state index is 12.7. The van der Waals surface area contributed by atoms with E-state index in [1.807, 2.05) is 0 Å². The van der Waals surface area contributed by atoms with Crippen LogP contribution in [0.5, 0.6) is 0 Å². The van der Waals surface area contributed by atoms with Gasteiger partial charge in [-0.05, 0) is 42.5 Å². The Hall–Kier alpha value is -2.23. The standard InChI is InChI=1S/C18H20BrN3O4S/c1-3-22(27(25,26)17-9-7-14(19)8-10-17)12-18(24)21-16-6-4-5-15(11-16)20-13(2)23/h4-11H,3,12H2,1-2H3,(H,20,23)(H,21,24). The molecule has 0 aliphatic rings. The van der Waals surface area contributed by atoms with Gasteiger partial charge in [0, 0.05) is 29.3 Å². The zero-order chi connectivity index (χ0) is 20.0. The first-order chi connectivity index (χ1) is 12.7. The third kappa shape index (κ3) is 5.88. The topological polar surface area (TPSA) is 95.6 Å². The molecule has 0 atom stereocenters. The number of amides is 2. The second kappa shape index (κ2) is 9.12. The molecule has 0 bridgehead atoms. The molecule has 0 aromatic heterocycles. The molecule has 0 fully saturated rings. The first kappa shape index (κ1) is 21.1. The van der Waals surface area contributed by atoms with E-state index in [9.17, 15) is 18.0 Å². The van der Waals surface area contributed by atoms with Crippen molar-refractivity contribution in [1.82, 2.24) is 4.31 Å². The molecule has 0 saturated carbocycles. The number of rotatable bonds is 7.